The fraction of sp³-hybridized carbons (Fsp3) is 0.450. The first kappa shape index (κ1) is 26.9. The Morgan fingerprint density at radius 1 is 1.26 bits per heavy atom. The maximum absolute atomic E-state index is 12.7. The fourth-order valence-electron chi connectivity index (χ4n) is 2.31. The van der Waals surface area contributed by atoms with Crippen LogP contribution in [0.1, 0.15) is 32.8 Å². The SMILES string of the molecule is C=C(S)/C(=C\C(Oc1ccccc1CC(=O)OCC)[C@@H](C)CC)OS(=O)(=O)C(F)(F)F. The molecular weight excluding hydrogens is 457 g/mol. The quantitative estimate of drug-likeness (QED) is 0.122. The van der Waals surface area contributed by atoms with Crippen molar-refractivity contribution < 1.29 is 40.0 Å². The molecule has 174 valence electrons. The van der Waals surface area contributed by atoms with Gasteiger partial charge in [0.1, 0.15) is 11.9 Å². The smallest absolute Gasteiger partial charge is 0.486 e. The second-order valence-electron chi connectivity index (χ2n) is 6.52. The lowest BCUT2D eigenvalue weighted by atomic mass is 10.0. The molecule has 11 heteroatoms. The number of carbonyl (C=O) groups excluding carboxylic acids is 1. The van der Waals surface area contributed by atoms with Crippen molar-refractivity contribution in [3.05, 3.63) is 53.1 Å². The van der Waals surface area contributed by atoms with Gasteiger partial charge in [-0.1, -0.05) is 38.6 Å². The number of ether oxygens (including phenoxy) is 2. The van der Waals surface area contributed by atoms with E-state index in [9.17, 15) is 26.4 Å². The van der Waals surface area contributed by atoms with E-state index in [1.165, 1.54) is 0 Å². The van der Waals surface area contributed by atoms with Crippen molar-refractivity contribution in [3.8, 4) is 5.75 Å². The molecule has 0 aliphatic heterocycles. The van der Waals surface area contributed by atoms with Crippen LogP contribution in [-0.4, -0.2) is 32.6 Å². The van der Waals surface area contributed by atoms with Crippen molar-refractivity contribution >= 4 is 28.7 Å². The topological polar surface area (TPSA) is 78.9 Å². The lowest BCUT2D eigenvalue weighted by molar-refractivity contribution is -0.142. The van der Waals surface area contributed by atoms with Gasteiger partial charge in [-0.25, -0.2) is 0 Å². The lowest BCUT2D eigenvalue weighted by Crippen LogP contribution is -2.27. The largest absolute Gasteiger partial charge is 0.534 e. The molecule has 0 aliphatic carbocycles. The monoisotopic (exact) mass is 482 g/mol. The summed E-state index contributed by atoms with van der Waals surface area (Å²) in [6, 6.07) is 6.58. The second kappa shape index (κ2) is 11.5. The van der Waals surface area contributed by atoms with Gasteiger partial charge in [0.2, 0.25) is 0 Å². The minimum atomic E-state index is -5.92. The lowest BCUT2D eigenvalue weighted by Gasteiger charge is -2.24. The molecular formula is C20H25F3O6S2. The first-order valence-electron chi connectivity index (χ1n) is 9.33. The van der Waals surface area contributed by atoms with Gasteiger partial charge in [0.15, 0.2) is 5.76 Å². The van der Waals surface area contributed by atoms with Gasteiger partial charge in [-0.2, -0.15) is 21.6 Å². The molecule has 1 aromatic carbocycles. The predicted octanol–water partition coefficient (Wildman–Crippen LogP) is 4.78. The summed E-state index contributed by atoms with van der Waals surface area (Å²) in [6.07, 6.45) is 0.634. The molecule has 0 N–H and O–H groups in total. The minimum Gasteiger partial charge on any atom is -0.486 e. The number of esters is 1. The molecule has 0 bridgehead atoms. The Kier molecular flexibility index (Phi) is 9.95. The van der Waals surface area contributed by atoms with Crippen LogP contribution in [0, 0.1) is 5.92 Å². The van der Waals surface area contributed by atoms with Gasteiger partial charge in [-0.05, 0) is 25.3 Å². The highest BCUT2D eigenvalue weighted by atomic mass is 32.2. The standard InChI is InChI=1S/C20H25F3O6S2/c1-5-13(3)17(12-18(14(4)30)29-31(25,26)20(21,22)23)28-16-10-8-7-9-15(16)11-19(24)27-6-2/h7-10,12-13,17,30H,4-6,11H2,1-3H3/b18-12+/t13-,17?/m0/s1. The molecule has 0 saturated heterocycles. The van der Waals surface area contributed by atoms with Crippen molar-refractivity contribution in [2.75, 3.05) is 6.61 Å². The summed E-state index contributed by atoms with van der Waals surface area (Å²) < 4.78 is 76.2. The Hall–Kier alpha value is -2.14. The van der Waals surface area contributed by atoms with E-state index in [2.05, 4.69) is 23.4 Å². The van der Waals surface area contributed by atoms with E-state index in [0.717, 1.165) is 6.08 Å². The van der Waals surface area contributed by atoms with Crippen LogP contribution in [0.25, 0.3) is 0 Å². The number of thiol groups is 1. The van der Waals surface area contributed by atoms with Crippen LogP contribution in [0.15, 0.2) is 47.6 Å². The van der Waals surface area contributed by atoms with Gasteiger partial charge in [-0.3, -0.25) is 4.79 Å². The molecule has 0 fully saturated rings. The number of hydrogen-bond donors (Lipinski definition) is 1. The first-order valence-corrected chi connectivity index (χ1v) is 11.2. The van der Waals surface area contributed by atoms with Crippen LogP contribution in [0.2, 0.25) is 0 Å². The number of halogens is 3. The van der Waals surface area contributed by atoms with E-state index in [-0.39, 0.29) is 23.9 Å². The molecule has 0 amide bonds. The molecule has 0 saturated carbocycles. The molecule has 1 rings (SSSR count). The van der Waals surface area contributed by atoms with E-state index >= 15 is 0 Å². The summed E-state index contributed by atoms with van der Waals surface area (Å²) in [5.74, 6) is -1.15. The van der Waals surface area contributed by atoms with Crippen molar-refractivity contribution in [3.63, 3.8) is 0 Å². The van der Waals surface area contributed by atoms with E-state index in [0.29, 0.717) is 17.7 Å². The van der Waals surface area contributed by atoms with Gasteiger partial charge in [0.05, 0.1) is 13.0 Å². The average molecular weight is 483 g/mol. The number of rotatable bonds is 11. The molecule has 0 aromatic heterocycles. The summed E-state index contributed by atoms with van der Waals surface area (Å²) in [5, 5.41) is 0. The fourth-order valence-corrected chi connectivity index (χ4v) is 2.98. The summed E-state index contributed by atoms with van der Waals surface area (Å²) >= 11 is 3.85. The maximum atomic E-state index is 12.7. The Morgan fingerprint density at radius 2 is 1.87 bits per heavy atom. The number of carbonyl (C=O) groups is 1. The average Bonchev–Trinajstić information content (AvgIpc) is 2.66. The molecule has 0 spiro atoms. The third-order valence-electron chi connectivity index (χ3n) is 4.16. The van der Waals surface area contributed by atoms with Crippen LogP contribution in [0.4, 0.5) is 13.2 Å². The van der Waals surface area contributed by atoms with Crippen molar-refractivity contribution in [1.82, 2.24) is 0 Å². The molecule has 0 aliphatic rings. The van der Waals surface area contributed by atoms with Gasteiger partial charge in [-0.15, -0.1) is 12.6 Å². The third-order valence-corrected chi connectivity index (χ3v) is 5.35. The third kappa shape index (κ3) is 8.13. The second-order valence-corrected chi connectivity index (χ2v) is 8.60. The summed E-state index contributed by atoms with van der Waals surface area (Å²) in [6.45, 7) is 8.82. The zero-order valence-corrected chi connectivity index (χ0v) is 19.0. The van der Waals surface area contributed by atoms with Crippen molar-refractivity contribution in [2.45, 2.75) is 45.2 Å². The van der Waals surface area contributed by atoms with Gasteiger partial charge in [0, 0.05) is 16.5 Å². The van der Waals surface area contributed by atoms with E-state index in [4.69, 9.17) is 9.47 Å². The van der Waals surface area contributed by atoms with E-state index < -0.39 is 33.5 Å². The van der Waals surface area contributed by atoms with E-state index in [1.807, 2.05) is 6.92 Å². The molecule has 2 atom stereocenters. The van der Waals surface area contributed by atoms with Gasteiger partial charge < -0.3 is 13.7 Å². The molecule has 0 heterocycles. The van der Waals surface area contributed by atoms with Crippen LogP contribution in [0.5, 0.6) is 5.75 Å². The van der Waals surface area contributed by atoms with Crippen molar-refractivity contribution in [1.29, 1.82) is 0 Å². The van der Waals surface area contributed by atoms with Gasteiger partial charge in [0.25, 0.3) is 0 Å². The predicted molar refractivity (Wildman–Crippen MR) is 113 cm³/mol. The highest BCUT2D eigenvalue weighted by molar-refractivity contribution is 7.88. The maximum Gasteiger partial charge on any atom is 0.534 e. The van der Waals surface area contributed by atoms with Crippen LogP contribution < -0.4 is 4.74 Å². The number of hydrogen-bond acceptors (Lipinski definition) is 7. The normalized spacial score (nSPS) is 14.5. The van der Waals surface area contributed by atoms with Gasteiger partial charge >= 0.3 is 21.6 Å². The molecule has 31 heavy (non-hydrogen) atoms. The Balaban J connectivity index is 3.31. The minimum absolute atomic E-state index is 0.0773. The molecule has 1 aromatic rings. The van der Waals surface area contributed by atoms with Crippen LogP contribution in [-0.2, 0) is 30.3 Å². The Labute approximate surface area is 185 Å². The number of para-hydroxylation sites is 1. The zero-order chi connectivity index (χ0) is 23.8. The summed E-state index contributed by atoms with van der Waals surface area (Å²) in [4.78, 5) is 11.5. The molecule has 6 nitrogen and oxygen atoms in total. The highest BCUT2D eigenvalue weighted by Gasteiger charge is 2.49. The number of benzene rings is 1. The van der Waals surface area contributed by atoms with E-state index in [1.54, 1.807) is 38.1 Å². The summed E-state index contributed by atoms with van der Waals surface area (Å²) in [5.41, 5.74) is -5.12. The summed E-state index contributed by atoms with van der Waals surface area (Å²) in [7, 11) is -5.92. The number of alkyl halides is 3. The van der Waals surface area contributed by atoms with Crippen LogP contribution in [0.3, 0.4) is 0 Å². The zero-order valence-electron chi connectivity index (χ0n) is 17.3. The van der Waals surface area contributed by atoms with Crippen LogP contribution >= 0.6 is 12.6 Å². The molecule has 1 unspecified atom stereocenters. The Bertz CT molecular complexity index is 910. The first-order chi connectivity index (χ1) is 14.3. The highest BCUT2D eigenvalue weighted by Crippen LogP contribution is 2.31. The van der Waals surface area contributed by atoms with Crippen molar-refractivity contribution in [2.24, 2.45) is 5.92 Å². The Morgan fingerprint density at radius 3 is 2.39 bits per heavy atom. The molecule has 0 radical (unpaired) electrons.